The van der Waals surface area contributed by atoms with E-state index in [1.54, 1.807) is 12.1 Å². The zero-order valence-electron chi connectivity index (χ0n) is 16.4. The average molecular weight is 408 g/mol. The molecule has 1 aliphatic rings. The Hall–Kier alpha value is -1.73. The number of nitrogens with zero attached hydrogens (tertiary/aromatic N) is 1. The van der Waals surface area contributed by atoms with Gasteiger partial charge in [-0.15, -0.1) is 12.4 Å². The van der Waals surface area contributed by atoms with Crippen LogP contribution in [0.3, 0.4) is 0 Å². The molecule has 7 heteroatoms. The van der Waals surface area contributed by atoms with Crippen molar-refractivity contribution in [1.29, 1.82) is 0 Å². The van der Waals surface area contributed by atoms with E-state index >= 15 is 0 Å². The van der Waals surface area contributed by atoms with Gasteiger partial charge in [0.15, 0.2) is 0 Å². The lowest BCUT2D eigenvalue weighted by atomic mass is 9.97. The lowest BCUT2D eigenvalue weighted by Gasteiger charge is -2.20. The molecule has 1 aromatic carbocycles. The van der Waals surface area contributed by atoms with Crippen molar-refractivity contribution in [2.75, 3.05) is 38.5 Å². The Morgan fingerprint density at radius 2 is 2.04 bits per heavy atom. The number of hydrogen-bond acceptors (Lipinski definition) is 5. The van der Waals surface area contributed by atoms with Gasteiger partial charge in [0.05, 0.1) is 0 Å². The molecule has 0 bridgehead atoms. The van der Waals surface area contributed by atoms with Crippen molar-refractivity contribution in [3.63, 3.8) is 0 Å². The molecule has 0 aliphatic carbocycles. The maximum Gasteiger partial charge on any atom is 0.123 e. The van der Waals surface area contributed by atoms with Crippen LogP contribution in [0, 0.1) is 18.7 Å². The van der Waals surface area contributed by atoms with E-state index in [-0.39, 0.29) is 18.2 Å². The van der Waals surface area contributed by atoms with Gasteiger partial charge in [-0.25, -0.2) is 9.37 Å². The summed E-state index contributed by atoms with van der Waals surface area (Å²) in [5.74, 6) is 0.952. The first-order valence-electron chi connectivity index (χ1n) is 9.72. The number of aryl methyl sites for hydroxylation is 1. The average Bonchev–Trinajstić information content (AvgIpc) is 3.04. The number of rotatable bonds is 9. The second kappa shape index (κ2) is 11.3. The van der Waals surface area contributed by atoms with Gasteiger partial charge in [0.2, 0.25) is 0 Å². The maximum atomic E-state index is 13.2. The van der Waals surface area contributed by atoms with Crippen molar-refractivity contribution in [1.82, 2.24) is 20.9 Å². The molecule has 2 aromatic rings. The van der Waals surface area contributed by atoms with Crippen molar-refractivity contribution in [3.05, 3.63) is 59.0 Å². The monoisotopic (exact) mass is 407 g/mol. The number of anilines is 1. The molecule has 0 spiro atoms. The van der Waals surface area contributed by atoms with E-state index in [9.17, 15) is 4.39 Å². The Kier molecular flexibility index (Phi) is 9.12. The van der Waals surface area contributed by atoms with Crippen LogP contribution in [-0.4, -0.2) is 43.7 Å². The molecule has 0 amide bonds. The first-order chi connectivity index (χ1) is 13.1. The highest BCUT2D eigenvalue weighted by Gasteiger charge is 2.26. The van der Waals surface area contributed by atoms with Crippen LogP contribution in [0.2, 0.25) is 0 Å². The van der Waals surface area contributed by atoms with Crippen molar-refractivity contribution < 1.29 is 4.39 Å². The van der Waals surface area contributed by atoms with Crippen LogP contribution in [0.1, 0.15) is 16.8 Å². The Morgan fingerprint density at radius 1 is 1.18 bits per heavy atom. The largest absolute Gasteiger partial charge is 0.384 e. The van der Waals surface area contributed by atoms with Gasteiger partial charge in [0.1, 0.15) is 11.6 Å². The molecule has 0 radical (unpaired) electrons. The van der Waals surface area contributed by atoms with Crippen LogP contribution in [0.5, 0.6) is 0 Å². The summed E-state index contributed by atoms with van der Waals surface area (Å²) in [6.45, 7) is 6.70. The van der Waals surface area contributed by atoms with Crippen LogP contribution in [0.4, 0.5) is 10.2 Å². The summed E-state index contributed by atoms with van der Waals surface area (Å²) in [5.41, 5.74) is 9.14. The summed E-state index contributed by atoms with van der Waals surface area (Å²) in [6.07, 6.45) is 1.77. The summed E-state index contributed by atoms with van der Waals surface area (Å²) in [5, 5.41) is 10.5. The highest BCUT2D eigenvalue weighted by atomic mass is 35.5. The molecular formula is C21H31ClFN5. The summed E-state index contributed by atoms with van der Waals surface area (Å²) < 4.78 is 13.2. The fourth-order valence-corrected chi connectivity index (χ4v) is 3.72. The lowest BCUT2D eigenvalue weighted by molar-refractivity contribution is 0.419. The number of halogens is 2. The smallest absolute Gasteiger partial charge is 0.123 e. The molecule has 5 N–H and O–H groups in total. The third-order valence-corrected chi connectivity index (χ3v) is 5.04. The van der Waals surface area contributed by atoms with E-state index in [0.29, 0.717) is 17.8 Å². The standard InChI is InChI=1S/C21H30FN5.ClH/c1-15-9-19(27-21(23)10-15)12-17-13-25-14-20(17)26-8-7-24-6-5-16-3-2-4-18(22)11-16;/h2-4,9-11,17,20,24-26H,5-8,12-14H2,1H3,(H2,23,27);1H/t17-,20-;/m0./s1. The van der Waals surface area contributed by atoms with E-state index in [1.165, 1.54) is 6.07 Å². The van der Waals surface area contributed by atoms with Gasteiger partial charge >= 0.3 is 0 Å². The van der Waals surface area contributed by atoms with Gasteiger partial charge in [0.25, 0.3) is 0 Å². The molecule has 1 saturated heterocycles. The van der Waals surface area contributed by atoms with Crippen molar-refractivity contribution in [3.8, 4) is 0 Å². The van der Waals surface area contributed by atoms with E-state index in [1.807, 2.05) is 12.1 Å². The minimum atomic E-state index is -0.168. The van der Waals surface area contributed by atoms with Gasteiger partial charge in [-0.3, -0.25) is 0 Å². The molecule has 2 atom stereocenters. The number of benzene rings is 1. The van der Waals surface area contributed by atoms with Crippen molar-refractivity contribution in [2.24, 2.45) is 5.92 Å². The van der Waals surface area contributed by atoms with Crippen molar-refractivity contribution in [2.45, 2.75) is 25.8 Å². The minimum absolute atomic E-state index is 0. The number of nitrogen functional groups attached to an aromatic ring is 1. The first-order valence-corrected chi connectivity index (χ1v) is 9.72. The normalized spacial score (nSPS) is 18.8. The predicted octanol–water partition coefficient (Wildman–Crippen LogP) is 2.09. The Labute approximate surface area is 173 Å². The van der Waals surface area contributed by atoms with E-state index < -0.39 is 0 Å². The summed E-state index contributed by atoms with van der Waals surface area (Å²) in [6, 6.07) is 11.3. The second-order valence-electron chi connectivity index (χ2n) is 7.37. The highest BCUT2D eigenvalue weighted by Crippen LogP contribution is 2.17. The highest BCUT2D eigenvalue weighted by molar-refractivity contribution is 5.85. The fourth-order valence-electron chi connectivity index (χ4n) is 3.72. The number of hydrogen-bond donors (Lipinski definition) is 4. The van der Waals surface area contributed by atoms with Gasteiger partial charge in [-0.1, -0.05) is 12.1 Å². The van der Waals surface area contributed by atoms with Gasteiger partial charge in [-0.05, 0) is 74.2 Å². The molecule has 0 saturated carbocycles. The van der Waals surface area contributed by atoms with Gasteiger partial charge < -0.3 is 21.7 Å². The van der Waals surface area contributed by atoms with Crippen LogP contribution >= 0.6 is 12.4 Å². The van der Waals surface area contributed by atoms with Crippen LogP contribution in [0.25, 0.3) is 0 Å². The molecule has 0 unspecified atom stereocenters. The molecule has 154 valence electrons. The Morgan fingerprint density at radius 3 is 2.82 bits per heavy atom. The minimum Gasteiger partial charge on any atom is -0.384 e. The SMILES string of the molecule is Cc1cc(N)nc(C[C@H]2CNC[C@@H]2NCCNCCc2cccc(F)c2)c1.Cl. The van der Waals surface area contributed by atoms with E-state index in [2.05, 4.69) is 33.9 Å². The first kappa shape index (κ1) is 22.6. The second-order valence-corrected chi connectivity index (χ2v) is 7.37. The van der Waals surface area contributed by atoms with Crippen LogP contribution in [-0.2, 0) is 12.8 Å². The zero-order valence-corrected chi connectivity index (χ0v) is 17.2. The molecule has 5 nitrogen and oxygen atoms in total. The molecule has 28 heavy (non-hydrogen) atoms. The van der Waals surface area contributed by atoms with Gasteiger partial charge in [-0.2, -0.15) is 0 Å². The number of nitrogens with two attached hydrogens (primary N) is 1. The summed E-state index contributed by atoms with van der Waals surface area (Å²) in [4.78, 5) is 4.47. The topological polar surface area (TPSA) is 75.0 Å². The van der Waals surface area contributed by atoms with Crippen LogP contribution in [0.15, 0.2) is 36.4 Å². The van der Waals surface area contributed by atoms with Crippen molar-refractivity contribution >= 4 is 18.2 Å². The molecule has 2 heterocycles. The van der Waals surface area contributed by atoms with Crippen LogP contribution < -0.4 is 21.7 Å². The zero-order chi connectivity index (χ0) is 19.1. The number of pyridine rings is 1. The Bertz CT molecular complexity index is 722. The summed E-state index contributed by atoms with van der Waals surface area (Å²) in [7, 11) is 0. The van der Waals surface area contributed by atoms with E-state index in [0.717, 1.165) is 62.4 Å². The Balaban J connectivity index is 0.00000280. The number of nitrogens with one attached hydrogen (secondary N) is 3. The van der Waals surface area contributed by atoms with E-state index in [4.69, 9.17) is 5.73 Å². The predicted molar refractivity (Wildman–Crippen MR) is 115 cm³/mol. The number of aromatic nitrogens is 1. The quantitative estimate of drug-likeness (QED) is 0.479. The lowest BCUT2D eigenvalue weighted by Crippen LogP contribution is -2.40. The summed E-state index contributed by atoms with van der Waals surface area (Å²) >= 11 is 0. The molecular weight excluding hydrogens is 377 g/mol. The fraction of sp³-hybridized carbons (Fsp3) is 0.476. The molecule has 3 rings (SSSR count). The third-order valence-electron chi connectivity index (χ3n) is 5.04. The van der Waals surface area contributed by atoms with Gasteiger partial charge in [0, 0.05) is 31.4 Å². The third kappa shape index (κ3) is 7.02. The molecule has 1 aliphatic heterocycles. The molecule has 1 fully saturated rings. The molecule has 1 aromatic heterocycles. The maximum absolute atomic E-state index is 13.2.